The highest BCUT2D eigenvalue weighted by molar-refractivity contribution is 5.95. The summed E-state index contributed by atoms with van der Waals surface area (Å²) in [4.78, 5) is 22.7. The van der Waals surface area contributed by atoms with E-state index >= 15 is 0 Å². The van der Waals surface area contributed by atoms with Gasteiger partial charge in [0.1, 0.15) is 12.5 Å². The summed E-state index contributed by atoms with van der Waals surface area (Å²) in [7, 11) is 0. The van der Waals surface area contributed by atoms with Gasteiger partial charge in [0.2, 0.25) is 0 Å². The Kier molecular flexibility index (Phi) is 4.22. The zero-order chi connectivity index (χ0) is 16.2. The third-order valence-corrected chi connectivity index (χ3v) is 3.59. The van der Waals surface area contributed by atoms with Gasteiger partial charge in [0.05, 0.1) is 36.2 Å². The van der Waals surface area contributed by atoms with E-state index < -0.39 is 0 Å². The van der Waals surface area contributed by atoms with Crippen molar-refractivity contribution in [3.8, 4) is 0 Å². The van der Waals surface area contributed by atoms with Gasteiger partial charge in [0.15, 0.2) is 12.8 Å². The van der Waals surface area contributed by atoms with Crippen molar-refractivity contribution in [1.29, 1.82) is 0 Å². The average molecular weight is 315 g/mol. The molecule has 0 radical (unpaired) electrons. The molecule has 0 unspecified atom stereocenters. The Bertz CT molecular complexity index is 725. The normalized spacial score (nSPS) is 10.9. The smallest absolute Gasteiger partial charge is 0.258 e. The van der Waals surface area contributed by atoms with Gasteiger partial charge < -0.3 is 13.7 Å². The van der Waals surface area contributed by atoms with E-state index in [4.69, 9.17) is 8.83 Å². The lowest BCUT2D eigenvalue weighted by Crippen LogP contribution is -2.30. The molecule has 0 spiro atoms. The first kappa shape index (κ1) is 15.0. The van der Waals surface area contributed by atoms with Crippen molar-refractivity contribution in [3.05, 3.63) is 54.2 Å². The number of hydrogen-bond acceptors (Lipinski definition) is 6. The fourth-order valence-electron chi connectivity index (χ4n) is 2.37. The van der Waals surface area contributed by atoms with Crippen LogP contribution in [0.3, 0.4) is 0 Å². The minimum Gasteiger partial charge on any atom is -0.451 e. The van der Waals surface area contributed by atoms with Gasteiger partial charge >= 0.3 is 0 Å². The lowest BCUT2D eigenvalue weighted by atomic mass is 10.2. The highest BCUT2D eigenvalue weighted by atomic mass is 16.3. The molecular formula is C15H17N5O3. The maximum absolute atomic E-state index is 12.9. The molecule has 0 saturated carbocycles. The van der Waals surface area contributed by atoms with Gasteiger partial charge in [-0.2, -0.15) is 5.10 Å². The number of aryl methyl sites for hydroxylation is 1. The molecule has 1 amide bonds. The summed E-state index contributed by atoms with van der Waals surface area (Å²) in [6.07, 6.45) is 7.32. The molecule has 0 saturated heterocycles. The van der Waals surface area contributed by atoms with Crippen LogP contribution in [0.5, 0.6) is 0 Å². The Labute approximate surface area is 132 Å². The zero-order valence-corrected chi connectivity index (χ0v) is 13.0. The fraction of sp³-hybridized carbons (Fsp3) is 0.333. The van der Waals surface area contributed by atoms with Crippen molar-refractivity contribution in [3.63, 3.8) is 0 Å². The molecule has 3 aromatic heterocycles. The average Bonchev–Trinajstić information content (AvgIpc) is 3.28. The van der Waals surface area contributed by atoms with E-state index in [2.05, 4.69) is 15.1 Å². The molecule has 120 valence electrons. The quantitative estimate of drug-likeness (QED) is 0.691. The summed E-state index contributed by atoms with van der Waals surface area (Å²) in [5, 5.41) is 4.23. The second-order valence-corrected chi connectivity index (χ2v) is 5.08. The number of hydrogen-bond donors (Lipinski definition) is 0. The standard InChI is InChI=1S/C15H17N5O3/c1-3-20-11(2)14(4-18-20)15(21)19(5-12-7-22-9-16-12)6-13-8-23-10-17-13/h4,7-10H,3,5-6H2,1-2H3. The number of rotatable bonds is 6. The van der Waals surface area contributed by atoms with Gasteiger partial charge in [0, 0.05) is 12.2 Å². The van der Waals surface area contributed by atoms with Gasteiger partial charge in [-0.3, -0.25) is 9.48 Å². The van der Waals surface area contributed by atoms with Gasteiger partial charge in [0.25, 0.3) is 5.91 Å². The Hall–Kier alpha value is -2.90. The SMILES string of the molecule is CCn1ncc(C(=O)N(Cc2cocn2)Cc2cocn2)c1C. The van der Waals surface area contributed by atoms with Gasteiger partial charge in [-0.25, -0.2) is 9.97 Å². The molecule has 3 heterocycles. The van der Waals surface area contributed by atoms with Crippen molar-refractivity contribution in [2.75, 3.05) is 0 Å². The molecule has 3 rings (SSSR count). The van der Waals surface area contributed by atoms with Crippen LogP contribution in [0.1, 0.15) is 34.4 Å². The van der Waals surface area contributed by atoms with Crippen LogP contribution in [0.25, 0.3) is 0 Å². The van der Waals surface area contributed by atoms with E-state index in [9.17, 15) is 4.79 Å². The summed E-state index contributed by atoms with van der Waals surface area (Å²) in [6.45, 7) is 5.22. The molecule has 8 heteroatoms. The molecule has 0 aromatic carbocycles. The van der Waals surface area contributed by atoms with E-state index in [0.717, 1.165) is 5.69 Å². The Balaban J connectivity index is 1.86. The van der Waals surface area contributed by atoms with Crippen LogP contribution < -0.4 is 0 Å². The van der Waals surface area contributed by atoms with Gasteiger partial charge in [-0.15, -0.1) is 0 Å². The van der Waals surface area contributed by atoms with Gasteiger partial charge in [-0.05, 0) is 13.8 Å². The largest absolute Gasteiger partial charge is 0.451 e. The van der Waals surface area contributed by atoms with Crippen LogP contribution in [0.2, 0.25) is 0 Å². The number of nitrogens with zero attached hydrogens (tertiary/aromatic N) is 5. The van der Waals surface area contributed by atoms with Gasteiger partial charge in [-0.1, -0.05) is 0 Å². The van der Waals surface area contributed by atoms with Crippen molar-refractivity contribution < 1.29 is 13.6 Å². The molecule has 8 nitrogen and oxygen atoms in total. The predicted octanol–water partition coefficient (Wildman–Crippen LogP) is 2.03. The number of aromatic nitrogens is 4. The molecule has 0 aliphatic rings. The summed E-state index contributed by atoms with van der Waals surface area (Å²) < 4.78 is 11.8. The summed E-state index contributed by atoms with van der Waals surface area (Å²) in [6, 6.07) is 0. The summed E-state index contributed by atoms with van der Waals surface area (Å²) in [5.74, 6) is -0.131. The first-order valence-corrected chi connectivity index (χ1v) is 7.24. The Morgan fingerprint density at radius 3 is 2.22 bits per heavy atom. The second-order valence-electron chi connectivity index (χ2n) is 5.08. The van der Waals surface area contributed by atoms with Crippen LogP contribution in [0.4, 0.5) is 0 Å². The van der Waals surface area contributed by atoms with Crippen molar-refractivity contribution >= 4 is 5.91 Å². The number of carbonyl (C=O) groups excluding carboxylic acids is 1. The fourth-order valence-corrected chi connectivity index (χ4v) is 2.37. The third-order valence-electron chi connectivity index (χ3n) is 3.59. The molecule has 0 atom stereocenters. The molecule has 0 N–H and O–H groups in total. The molecule has 0 fully saturated rings. The molecule has 0 bridgehead atoms. The number of oxazole rings is 2. The monoisotopic (exact) mass is 315 g/mol. The van der Waals surface area contributed by atoms with Crippen LogP contribution in [-0.2, 0) is 19.6 Å². The van der Waals surface area contributed by atoms with E-state index in [1.54, 1.807) is 15.8 Å². The van der Waals surface area contributed by atoms with E-state index in [0.29, 0.717) is 36.6 Å². The van der Waals surface area contributed by atoms with Crippen LogP contribution >= 0.6 is 0 Å². The molecule has 0 aliphatic heterocycles. The Morgan fingerprint density at radius 2 is 1.78 bits per heavy atom. The predicted molar refractivity (Wildman–Crippen MR) is 79.2 cm³/mol. The topological polar surface area (TPSA) is 90.2 Å². The molecule has 3 aromatic rings. The lowest BCUT2D eigenvalue weighted by molar-refractivity contribution is 0.0724. The van der Waals surface area contributed by atoms with E-state index in [1.807, 2.05) is 13.8 Å². The number of amides is 1. The highest BCUT2D eigenvalue weighted by Crippen LogP contribution is 2.15. The Morgan fingerprint density at radius 1 is 1.17 bits per heavy atom. The second kappa shape index (κ2) is 6.47. The lowest BCUT2D eigenvalue weighted by Gasteiger charge is -2.20. The summed E-state index contributed by atoms with van der Waals surface area (Å²) in [5.41, 5.74) is 2.74. The van der Waals surface area contributed by atoms with Crippen molar-refractivity contribution in [2.45, 2.75) is 33.5 Å². The summed E-state index contributed by atoms with van der Waals surface area (Å²) >= 11 is 0. The first-order valence-electron chi connectivity index (χ1n) is 7.24. The van der Waals surface area contributed by atoms with Crippen LogP contribution in [0.15, 0.2) is 40.3 Å². The molecule has 0 aliphatic carbocycles. The van der Waals surface area contributed by atoms with Crippen molar-refractivity contribution in [1.82, 2.24) is 24.6 Å². The molecule has 23 heavy (non-hydrogen) atoms. The van der Waals surface area contributed by atoms with E-state index in [-0.39, 0.29) is 5.91 Å². The van der Waals surface area contributed by atoms with Crippen molar-refractivity contribution in [2.24, 2.45) is 0 Å². The number of carbonyl (C=O) groups is 1. The zero-order valence-electron chi connectivity index (χ0n) is 13.0. The first-order chi connectivity index (χ1) is 11.2. The minimum atomic E-state index is -0.131. The maximum Gasteiger partial charge on any atom is 0.258 e. The maximum atomic E-state index is 12.9. The third kappa shape index (κ3) is 3.15. The highest BCUT2D eigenvalue weighted by Gasteiger charge is 2.22. The minimum absolute atomic E-state index is 0.131. The van der Waals surface area contributed by atoms with Crippen LogP contribution in [0, 0.1) is 6.92 Å². The molecular weight excluding hydrogens is 298 g/mol. The van der Waals surface area contributed by atoms with E-state index in [1.165, 1.54) is 25.3 Å². The van der Waals surface area contributed by atoms with Crippen LogP contribution in [-0.4, -0.2) is 30.6 Å².